The number of hydrogen-bond acceptors (Lipinski definition) is 3. The van der Waals surface area contributed by atoms with Gasteiger partial charge in [0.2, 0.25) is 0 Å². The monoisotopic (exact) mass is 369 g/mol. The quantitative estimate of drug-likeness (QED) is 0.540. The number of carbonyl (C=O) groups is 1. The van der Waals surface area contributed by atoms with Crippen molar-refractivity contribution in [3.05, 3.63) is 86.6 Å². The van der Waals surface area contributed by atoms with Crippen molar-refractivity contribution >= 4 is 23.2 Å². The molecule has 0 fully saturated rings. The van der Waals surface area contributed by atoms with E-state index in [0.29, 0.717) is 34.1 Å². The molecule has 0 aliphatic carbocycles. The molecular weight excluding hydrogens is 354 g/mol. The zero-order valence-electron chi connectivity index (χ0n) is 14.0. The van der Waals surface area contributed by atoms with Gasteiger partial charge in [0.15, 0.2) is 0 Å². The maximum Gasteiger partial charge on any atom is 0.270 e. The van der Waals surface area contributed by atoms with Gasteiger partial charge in [-0.3, -0.25) is 14.9 Å². The average molecular weight is 370 g/mol. The van der Waals surface area contributed by atoms with E-state index in [9.17, 15) is 14.9 Å². The van der Waals surface area contributed by atoms with Crippen LogP contribution in [0.1, 0.15) is 21.6 Å². The third-order valence-corrected chi connectivity index (χ3v) is 4.45. The first-order valence-corrected chi connectivity index (χ1v) is 8.24. The fourth-order valence-corrected chi connectivity index (χ4v) is 3.15. The van der Waals surface area contributed by atoms with Crippen molar-refractivity contribution in [2.45, 2.75) is 13.5 Å². The summed E-state index contributed by atoms with van der Waals surface area (Å²) < 4.78 is 1.91. The van der Waals surface area contributed by atoms with Crippen LogP contribution < -0.4 is 5.73 Å². The summed E-state index contributed by atoms with van der Waals surface area (Å²) >= 11 is 6.06. The molecule has 3 rings (SSSR count). The van der Waals surface area contributed by atoms with E-state index in [-0.39, 0.29) is 5.69 Å². The number of halogens is 1. The highest BCUT2D eigenvalue weighted by Gasteiger charge is 2.18. The van der Waals surface area contributed by atoms with Gasteiger partial charge in [-0.05, 0) is 30.7 Å². The number of nitrogens with zero attached hydrogens (tertiary/aromatic N) is 2. The second kappa shape index (κ2) is 7.01. The van der Waals surface area contributed by atoms with Gasteiger partial charge in [0.25, 0.3) is 11.6 Å². The lowest BCUT2D eigenvalue weighted by molar-refractivity contribution is -0.384. The number of non-ortho nitro benzene ring substituents is 1. The normalized spacial score (nSPS) is 10.7. The molecule has 6 nitrogen and oxygen atoms in total. The molecular formula is C19H16ClN3O3. The molecule has 26 heavy (non-hydrogen) atoms. The smallest absolute Gasteiger partial charge is 0.270 e. The van der Waals surface area contributed by atoms with Crippen LogP contribution in [-0.4, -0.2) is 15.4 Å². The van der Waals surface area contributed by atoms with Crippen LogP contribution in [0.3, 0.4) is 0 Å². The molecule has 2 aromatic carbocycles. The standard InChI is InChI=1S/C19H16ClN3O3/c1-12-17(19(21)24)10-18(14-5-3-7-16(9-14)23(25)26)22(12)11-13-4-2-6-15(20)8-13/h2-10H,11H2,1H3,(H2,21,24). The summed E-state index contributed by atoms with van der Waals surface area (Å²) in [6, 6.07) is 15.3. The number of hydrogen-bond donors (Lipinski definition) is 1. The van der Waals surface area contributed by atoms with Gasteiger partial charge in [0.05, 0.1) is 10.5 Å². The zero-order valence-corrected chi connectivity index (χ0v) is 14.7. The van der Waals surface area contributed by atoms with Crippen LogP contribution >= 0.6 is 11.6 Å². The molecule has 1 heterocycles. The van der Waals surface area contributed by atoms with Crippen molar-refractivity contribution in [1.82, 2.24) is 4.57 Å². The highest BCUT2D eigenvalue weighted by molar-refractivity contribution is 6.30. The fourth-order valence-electron chi connectivity index (χ4n) is 2.93. The first-order valence-electron chi connectivity index (χ1n) is 7.86. The Balaban J connectivity index is 2.15. The van der Waals surface area contributed by atoms with Crippen LogP contribution in [-0.2, 0) is 6.54 Å². The minimum absolute atomic E-state index is 0.0173. The van der Waals surface area contributed by atoms with Gasteiger partial charge in [0.1, 0.15) is 0 Å². The van der Waals surface area contributed by atoms with Gasteiger partial charge < -0.3 is 10.3 Å². The molecule has 132 valence electrons. The minimum Gasteiger partial charge on any atom is -0.366 e. The van der Waals surface area contributed by atoms with Crippen molar-refractivity contribution < 1.29 is 9.72 Å². The summed E-state index contributed by atoms with van der Waals surface area (Å²) in [7, 11) is 0. The molecule has 0 atom stereocenters. The van der Waals surface area contributed by atoms with Crippen LogP contribution in [0.15, 0.2) is 54.6 Å². The van der Waals surface area contributed by atoms with Gasteiger partial charge in [0, 0.05) is 40.7 Å². The number of nitro groups is 1. The number of amides is 1. The van der Waals surface area contributed by atoms with Gasteiger partial charge in [-0.2, -0.15) is 0 Å². The van der Waals surface area contributed by atoms with E-state index < -0.39 is 10.8 Å². The highest BCUT2D eigenvalue weighted by atomic mass is 35.5. The molecule has 0 aliphatic rings. The SMILES string of the molecule is Cc1c(C(N)=O)cc(-c2cccc([N+](=O)[O-])c2)n1Cc1cccc(Cl)c1. The molecule has 0 aliphatic heterocycles. The number of aromatic nitrogens is 1. The number of primary amides is 1. The number of benzene rings is 2. The Morgan fingerprint density at radius 2 is 1.92 bits per heavy atom. The van der Waals surface area contributed by atoms with E-state index >= 15 is 0 Å². The summed E-state index contributed by atoms with van der Waals surface area (Å²) in [6.07, 6.45) is 0. The van der Waals surface area contributed by atoms with Crippen molar-refractivity contribution in [3.8, 4) is 11.3 Å². The number of nitrogens with two attached hydrogens (primary N) is 1. The van der Waals surface area contributed by atoms with Gasteiger partial charge >= 0.3 is 0 Å². The van der Waals surface area contributed by atoms with Crippen LogP contribution in [0.2, 0.25) is 5.02 Å². The van der Waals surface area contributed by atoms with Crippen molar-refractivity contribution in [1.29, 1.82) is 0 Å². The average Bonchev–Trinajstić information content (AvgIpc) is 2.92. The molecule has 2 N–H and O–H groups in total. The summed E-state index contributed by atoms with van der Waals surface area (Å²) in [4.78, 5) is 22.4. The van der Waals surface area contributed by atoms with Crippen LogP contribution in [0.5, 0.6) is 0 Å². The van der Waals surface area contributed by atoms with E-state index in [1.807, 2.05) is 22.8 Å². The number of rotatable bonds is 5. The van der Waals surface area contributed by atoms with Gasteiger partial charge in [-0.15, -0.1) is 0 Å². The summed E-state index contributed by atoms with van der Waals surface area (Å²) in [5.41, 5.74) is 8.81. The topological polar surface area (TPSA) is 91.2 Å². The molecule has 3 aromatic rings. The summed E-state index contributed by atoms with van der Waals surface area (Å²) in [5, 5.41) is 11.7. The third-order valence-electron chi connectivity index (χ3n) is 4.21. The lowest BCUT2D eigenvalue weighted by Crippen LogP contribution is -2.12. The van der Waals surface area contributed by atoms with E-state index in [1.54, 1.807) is 31.2 Å². The Morgan fingerprint density at radius 3 is 2.58 bits per heavy atom. The van der Waals surface area contributed by atoms with Gasteiger partial charge in [-0.1, -0.05) is 35.9 Å². The maximum absolute atomic E-state index is 11.8. The Bertz CT molecular complexity index is 1010. The Morgan fingerprint density at radius 1 is 1.19 bits per heavy atom. The zero-order chi connectivity index (χ0) is 18.8. The first kappa shape index (κ1) is 17.7. The van der Waals surface area contributed by atoms with Crippen molar-refractivity contribution in [2.24, 2.45) is 5.73 Å². The Kier molecular flexibility index (Phi) is 4.77. The molecule has 0 bridgehead atoms. The second-order valence-electron chi connectivity index (χ2n) is 5.92. The first-order chi connectivity index (χ1) is 12.4. The maximum atomic E-state index is 11.8. The number of nitro benzene ring substituents is 1. The van der Waals surface area contributed by atoms with E-state index in [0.717, 1.165) is 5.56 Å². The molecule has 1 aromatic heterocycles. The molecule has 0 saturated heterocycles. The molecule has 1 amide bonds. The minimum atomic E-state index is -0.543. The summed E-state index contributed by atoms with van der Waals surface area (Å²) in [5.74, 6) is -0.543. The molecule has 0 saturated carbocycles. The molecule has 0 spiro atoms. The second-order valence-corrected chi connectivity index (χ2v) is 6.35. The van der Waals surface area contributed by atoms with Crippen molar-refractivity contribution in [3.63, 3.8) is 0 Å². The van der Waals surface area contributed by atoms with Crippen molar-refractivity contribution in [2.75, 3.05) is 0 Å². The van der Waals surface area contributed by atoms with Gasteiger partial charge in [-0.25, -0.2) is 0 Å². The van der Waals surface area contributed by atoms with Crippen LogP contribution in [0.4, 0.5) is 5.69 Å². The Hall–Kier alpha value is -3.12. The van der Waals surface area contributed by atoms with E-state index in [4.69, 9.17) is 17.3 Å². The third kappa shape index (κ3) is 3.45. The van der Waals surface area contributed by atoms with Crippen LogP contribution in [0.25, 0.3) is 11.3 Å². The Labute approximate surface area is 155 Å². The van der Waals surface area contributed by atoms with E-state index in [1.165, 1.54) is 12.1 Å². The predicted molar refractivity (Wildman–Crippen MR) is 100 cm³/mol. The number of carbonyl (C=O) groups excluding carboxylic acids is 1. The predicted octanol–water partition coefficient (Wildman–Crippen LogP) is 4.17. The fraction of sp³-hybridized carbons (Fsp3) is 0.105. The summed E-state index contributed by atoms with van der Waals surface area (Å²) in [6.45, 7) is 2.25. The molecule has 0 unspecified atom stereocenters. The van der Waals surface area contributed by atoms with E-state index in [2.05, 4.69) is 0 Å². The largest absolute Gasteiger partial charge is 0.366 e. The lowest BCUT2D eigenvalue weighted by atomic mass is 10.1. The molecule has 0 radical (unpaired) electrons. The highest BCUT2D eigenvalue weighted by Crippen LogP contribution is 2.29. The lowest BCUT2D eigenvalue weighted by Gasteiger charge is -2.12. The van der Waals surface area contributed by atoms with Crippen LogP contribution in [0, 0.1) is 17.0 Å². The molecule has 7 heteroatoms.